The Bertz CT molecular complexity index is 596. The van der Waals surface area contributed by atoms with Crippen molar-refractivity contribution in [3.8, 4) is 0 Å². The van der Waals surface area contributed by atoms with E-state index in [1.54, 1.807) is 6.20 Å². The van der Waals surface area contributed by atoms with E-state index in [2.05, 4.69) is 39.1 Å². The Hall–Kier alpha value is -2.30. The lowest BCUT2D eigenvalue weighted by atomic mass is 10.0. The Morgan fingerprint density at radius 1 is 1.21 bits per heavy atom. The number of nitrogens with two attached hydrogens (primary N) is 2. The topological polar surface area (TPSA) is 81.1 Å². The van der Waals surface area contributed by atoms with Crippen molar-refractivity contribution < 1.29 is 0 Å². The Balaban J connectivity index is 1.88. The molecule has 98 valence electrons. The number of fused-ring (bicyclic) bond motifs is 1. The van der Waals surface area contributed by atoms with Gasteiger partial charge in [0.15, 0.2) is 0 Å². The Kier molecular flexibility index (Phi) is 2.95. The van der Waals surface area contributed by atoms with Crippen molar-refractivity contribution in [2.75, 3.05) is 22.9 Å². The van der Waals surface area contributed by atoms with Gasteiger partial charge in [0.1, 0.15) is 5.82 Å². The molecule has 3 rings (SSSR count). The molecule has 1 aliphatic rings. The van der Waals surface area contributed by atoms with Gasteiger partial charge in [-0.25, -0.2) is 4.98 Å². The fraction of sp³-hybridized carbons (Fsp3) is 0.286. The van der Waals surface area contributed by atoms with Gasteiger partial charge in [-0.3, -0.25) is 0 Å². The lowest BCUT2D eigenvalue weighted by molar-refractivity contribution is 0.690. The Labute approximate surface area is 112 Å². The maximum absolute atomic E-state index is 5.90. The highest BCUT2D eigenvalue weighted by atomic mass is 15.1. The normalized spacial score (nSPS) is 14.2. The minimum absolute atomic E-state index is 0.222. The van der Waals surface area contributed by atoms with Gasteiger partial charge in [-0.15, -0.1) is 0 Å². The number of hydrogen-bond acceptors (Lipinski definition) is 5. The molecule has 1 aromatic heterocycles. The van der Waals surface area contributed by atoms with E-state index in [9.17, 15) is 0 Å². The summed E-state index contributed by atoms with van der Waals surface area (Å²) in [4.78, 5) is 10.4. The molecule has 2 heterocycles. The standard InChI is InChI=1S/C14H17N5/c15-13-11(8-17-14(16)18-13)9-19-7-3-5-10-4-1-2-6-12(10)19/h1-2,4,6,8H,3,5,7,9H2,(H4,15,16,17,18). The Morgan fingerprint density at radius 2 is 2.05 bits per heavy atom. The molecular weight excluding hydrogens is 238 g/mol. The van der Waals surface area contributed by atoms with Crippen LogP contribution in [0.2, 0.25) is 0 Å². The van der Waals surface area contributed by atoms with Crippen LogP contribution in [0.3, 0.4) is 0 Å². The molecule has 0 bridgehead atoms. The third kappa shape index (κ3) is 2.31. The molecular formula is C14H17N5. The minimum atomic E-state index is 0.222. The largest absolute Gasteiger partial charge is 0.383 e. The van der Waals surface area contributed by atoms with Crippen molar-refractivity contribution in [3.63, 3.8) is 0 Å². The van der Waals surface area contributed by atoms with Crippen LogP contribution in [0.25, 0.3) is 0 Å². The fourth-order valence-electron chi connectivity index (χ4n) is 2.54. The minimum Gasteiger partial charge on any atom is -0.383 e. The summed E-state index contributed by atoms with van der Waals surface area (Å²) in [6.07, 6.45) is 4.02. The molecule has 0 radical (unpaired) electrons. The fourth-order valence-corrected chi connectivity index (χ4v) is 2.54. The maximum atomic E-state index is 5.90. The lowest BCUT2D eigenvalue weighted by Crippen LogP contribution is -2.29. The quantitative estimate of drug-likeness (QED) is 0.851. The summed E-state index contributed by atoms with van der Waals surface area (Å²) in [6.45, 7) is 1.75. The van der Waals surface area contributed by atoms with Gasteiger partial charge in [0.25, 0.3) is 0 Å². The van der Waals surface area contributed by atoms with E-state index in [4.69, 9.17) is 11.5 Å². The van der Waals surface area contributed by atoms with Crippen LogP contribution >= 0.6 is 0 Å². The van der Waals surface area contributed by atoms with Gasteiger partial charge >= 0.3 is 0 Å². The van der Waals surface area contributed by atoms with Crippen LogP contribution in [0.15, 0.2) is 30.5 Å². The molecule has 5 nitrogen and oxygen atoms in total. The summed E-state index contributed by atoms with van der Waals surface area (Å²) in [5.41, 5.74) is 15.0. The van der Waals surface area contributed by atoms with Crippen LogP contribution in [0.1, 0.15) is 17.5 Å². The van der Waals surface area contributed by atoms with Crippen LogP contribution in [-0.4, -0.2) is 16.5 Å². The molecule has 0 saturated heterocycles. The number of rotatable bonds is 2. The third-order valence-electron chi connectivity index (χ3n) is 3.48. The number of nitrogens with zero attached hydrogens (tertiary/aromatic N) is 3. The van der Waals surface area contributed by atoms with E-state index in [1.165, 1.54) is 11.3 Å². The molecule has 19 heavy (non-hydrogen) atoms. The number of para-hydroxylation sites is 1. The van der Waals surface area contributed by atoms with E-state index in [0.29, 0.717) is 5.82 Å². The molecule has 5 heteroatoms. The van der Waals surface area contributed by atoms with Crippen molar-refractivity contribution in [1.82, 2.24) is 9.97 Å². The Morgan fingerprint density at radius 3 is 2.89 bits per heavy atom. The molecule has 0 saturated carbocycles. The summed E-state index contributed by atoms with van der Waals surface area (Å²) in [6, 6.07) is 8.50. The van der Waals surface area contributed by atoms with Gasteiger partial charge in [0, 0.05) is 30.5 Å². The molecule has 4 N–H and O–H groups in total. The van der Waals surface area contributed by atoms with Crippen molar-refractivity contribution in [2.45, 2.75) is 19.4 Å². The molecule has 2 aromatic rings. The molecule has 1 aliphatic heterocycles. The number of anilines is 3. The van der Waals surface area contributed by atoms with E-state index in [-0.39, 0.29) is 5.95 Å². The van der Waals surface area contributed by atoms with Gasteiger partial charge in [-0.05, 0) is 24.5 Å². The van der Waals surface area contributed by atoms with Gasteiger partial charge in [0.2, 0.25) is 5.95 Å². The zero-order valence-corrected chi connectivity index (χ0v) is 10.7. The molecule has 1 aromatic carbocycles. The zero-order chi connectivity index (χ0) is 13.2. The van der Waals surface area contributed by atoms with Gasteiger partial charge < -0.3 is 16.4 Å². The second kappa shape index (κ2) is 4.76. The molecule has 0 amide bonds. The molecule has 0 spiro atoms. The number of aromatic nitrogens is 2. The lowest BCUT2D eigenvalue weighted by Gasteiger charge is -2.31. The summed E-state index contributed by atoms with van der Waals surface area (Å²) in [5, 5.41) is 0. The molecule has 0 unspecified atom stereocenters. The average molecular weight is 255 g/mol. The van der Waals surface area contributed by atoms with Crippen molar-refractivity contribution >= 4 is 17.5 Å². The van der Waals surface area contributed by atoms with Crippen molar-refractivity contribution in [2.24, 2.45) is 0 Å². The number of benzene rings is 1. The van der Waals surface area contributed by atoms with Gasteiger partial charge in [-0.1, -0.05) is 18.2 Å². The van der Waals surface area contributed by atoms with Gasteiger partial charge in [-0.2, -0.15) is 4.98 Å². The highest BCUT2D eigenvalue weighted by Gasteiger charge is 2.17. The van der Waals surface area contributed by atoms with E-state index in [1.807, 2.05) is 0 Å². The summed E-state index contributed by atoms with van der Waals surface area (Å²) in [7, 11) is 0. The summed E-state index contributed by atoms with van der Waals surface area (Å²) in [5.74, 6) is 0.691. The third-order valence-corrected chi connectivity index (χ3v) is 3.48. The van der Waals surface area contributed by atoms with Gasteiger partial charge in [0.05, 0.1) is 0 Å². The van der Waals surface area contributed by atoms with Crippen molar-refractivity contribution in [3.05, 3.63) is 41.6 Å². The second-order valence-corrected chi connectivity index (χ2v) is 4.79. The maximum Gasteiger partial charge on any atom is 0.221 e. The molecule has 0 fully saturated rings. The monoisotopic (exact) mass is 255 g/mol. The first-order chi connectivity index (χ1) is 9.24. The number of hydrogen-bond donors (Lipinski definition) is 2. The van der Waals surface area contributed by atoms with E-state index >= 15 is 0 Å². The van der Waals surface area contributed by atoms with Crippen LogP contribution in [-0.2, 0) is 13.0 Å². The predicted molar refractivity (Wildman–Crippen MR) is 76.7 cm³/mol. The van der Waals surface area contributed by atoms with Crippen molar-refractivity contribution in [1.29, 1.82) is 0 Å². The molecule has 0 atom stereocenters. The van der Waals surface area contributed by atoms with Crippen LogP contribution < -0.4 is 16.4 Å². The summed E-state index contributed by atoms with van der Waals surface area (Å²) < 4.78 is 0. The summed E-state index contributed by atoms with van der Waals surface area (Å²) >= 11 is 0. The smallest absolute Gasteiger partial charge is 0.221 e. The number of nitrogen functional groups attached to an aromatic ring is 2. The van der Waals surface area contributed by atoms with Crippen LogP contribution in [0.5, 0.6) is 0 Å². The highest BCUT2D eigenvalue weighted by molar-refractivity contribution is 5.56. The number of aryl methyl sites for hydroxylation is 1. The second-order valence-electron chi connectivity index (χ2n) is 4.79. The first-order valence-electron chi connectivity index (χ1n) is 6.44. The SMILES string of the molecule is Nc1ncc(CN2CCCc3ccccc32)c(N)n1. The first-order valence-corrected chi connectivity index (χ1v) is 6.44. The van der Waals surface area contributed by atoms with Crippen LogP contribution in [0, 0.1) is 0 Å². The first kappa shape index (κ1) is 11.8. The molecule has 0 aliphatic carbocycles. The predicted octanol–water partition coefficient (Wildman–Crippen LogP) is 1.59. The highest BCUT2D eigenvalue weighted by Crippen LogP contribution is 2.28. The average Bonchev–Trinajstić information content (AvgIpc) is 2.42. The van der Waals surface area contributed by atoms with Crippen LogP contribution in [0.4, 0.5) is 17.5 Å². The zero-order valence-electron chi connectivity index (χ0n) is 10.7. The van der Waals surface area contributed by atoms with E-state index in [0.717, 1.165) is 31.5 Å². The van der Waals surface area contributed by atoms with E-state index < -0.39 is 0 Å².